The molecule has 2 rings (SSSR count). The predicted octanol–water partition coefficient (Wildman–Crippen LogP) is 2.08. The van der Waals surface area contributed by atoms with E-state index in [4.69, 9.17) is 4.74 Å². The molecule has 0 saturated carbocycles. The van der Waals surface area contributed by atoms with Gasteiger partial charge in [-0.15, -0.1) is 5.10 Å². The van der Waals surface area contributed by atoms with Gasteiger partial charge in [-0.3, -0.25) is 0 Å². The van der Waals surface area contributed by atoms with E-state index in [2.05, 4.69) is 36.7 Å². The van der Waals surface area contributed by atoms with Gasteiger partial charge in [0.1, 0.15) is 5.75 Å². The van der Waals surface area contributed by atoms with Gasteiger partial charge in [-0.05, 0) is 30.3 Å². The molecule has 1 heterocycles. The van der Waals surface area contributed by atoms with Crippen molar-refractivity contribution in [1.29, 1.82) is 0 Å². The SMILES string of the molecule is CCn1nnc(NCc2cc(Br)ccc2OC)n1. The summed E-state index contributed by atoms with van der Waals surface area (Å²) in [5, 5.41) is 15.0. The third-order valence-electron chi connectivity index (χ3n) is 2.42. The topological polar surface area (TPSA) is 64.9 Å². The van der Waals surface area contributed by atoms with Crippen LogP contribution in [0.15, 0.2) is 22.7 Å². The number of benzene rings is 1. The van der Waals surface area contributed by atoms with Crippen LogP contribution in [0.25, 0.3) is 0 Å². The smallest absolute Gasteiger partial charge is 0.263 e. The molecule has 0 fully saturated rings. The minimum absolute atomic E-state index is 0.513. The molecule has 0 amide bonds. The number of halogens is 1. The maximum Gasteiger partial charge on any atom is 0.263 e. The normalized spacial score (nSPS) is 10.4. The van der Waals surface area contributed by atoms with Crippen LogP contribution in [-0.4, -0.2) is 27.3 Å². The highest BCUT2D eigenvalue weighted by atomic mass is 79.9. The monoisotopic (exact) mass is 311 g/mol. The van der Waals surface area contributed by atoms with Gasteiger partial charge < -0.3 is 10.1 Å². The van der Waals surface area contributed by atoms with Gasteiger partial charge in [-0.25, -0.2) is 0 Å². The van der Waals surface area contributed by atoms with Gasteiger partial charge in [-0.1, -0.05) is 21.0 Å². The first-order valence-electron chi connectivity index (χ1n) is 5.57. The van der Waals surface area contributed by atoms with Crippen LogP contribution in [0.1, 0.15) is 12.5 Å². The van der Waals surface area contributed by atoms with Gasteiger partial charge in [0.25, 0.3) is 5.95 Å². The van der Waals surface area contributed by atoms with E-state index >= 15 is 0 Å². The molecule has 7 heteroatoms. The molecule has 18 heavy (non-hydrogen) atoms. The van der Waals surface area contributed by atoms with Gasteiger partial charge in [0, 0.05) is 16.6 Å². The molecule has 0 aliphatic heterocycles. The number of ether oxygens (including phenoxy) is 1. The van der Waals surface area contributed by atoms with Crippen LogP contribution in [0.3, 0.4) is 0 Å². The van der Waals surface area contributed by atoms with Crippen molar-refractivity contribution in [3.05, 3.63) is 28.2 Å². The first-order valence-corrected chi connectivity index (χ1v) is 6.36. The van der Waals surface area contributed by atoms with Crippen molar-refractivity contribution in [2.24, 2.45) is 0 Å². The number of aryl methyl sites for hydroxylation is 1. The van der Waals surface area contributed by atoms with Crippen molar-refractivity contribution in [1.82, 2.24) is 20.2 Å². The minimum atomic E-state index is 0.513. The van der Waals surface area contributed by atoms with Gasteiger partial charge >= 0.3 is 0 Å². The zero-order chi connectivity index (χ0) is 13.0. The van der Waals surface area contributed by atoms with Crippen molar-refractivity contribution in [2.75, 3.05) is 12.4 Å². The standard InChI is InChI=1S/C11H14BrN5O/c1-3-17-15-11(14-16-17)13-7-8-6-9(12)4-5-10(8)18-2/h4-6H,3,7H2,1-2H3,(H,13,15). The Morgan fingerprint density at radius 3 is 2.94 bits per heavy atom. The van der Waals surface area contributed by atoms with Crippen molar-refractivity contribution in [2.45, 2.75) is 20.0 Å². The van der Waals surface area contributed by atoms with Gasteiger partial charge in [-0.2, -0.15) is 4.80 Å². The molecular formula is C11H14BrN5O. The van der Waals surface area contributed by atoms with E-state index in [1.54, 1.807) is 7.11 Å². The number of hydrogen-bond acceptors (Lipinski definition) is 5. The van der Waals surface area contributed by atoms with E-state index in [1.165, 1.54) is 4.80 Å². The second kappa shape index (κ2) is 5.81. The highest BCUT2D eigenvalue weighted by molar-refractivity contribution is 9.10. The molecule has 0 bridgehead atoms. The highest BCUT2D eigenvalue weighted by Gasteiger charge is 2.06. The molecule has 0 aliphatic carbocycles. The summed E-state index contributed by atoms with van der Waals surface area (Å²) in [6.45, 7) is 3.25. The Kier molecular flexibility index (Phi) is 4.14. The number of aromatic nitrogens is 4. The van der Waals surface area contributed by atoms with Gasteiger partial charge in [0.15, 0.2) is 0 Å². The number of methoxy groups -OCH3 is 1. The van der Waals surface area contributed by atoms with Gasteiger partial charge in [0.05, 0.1) is 13.7 Å². The Hall–Kier alpha value is -1.63. The number of hydrogen-bond donors (Lipinski definition) is 1. The van der Waals surface area contributed by atoms with Crippen LogP contribution >= 0.6 is 15.9 Å². The Labute approximate surface area is 113 Å². The zero-order valence-corrected chi connectivity index (χ0v) is 11.8. The number of anilines is 1. The van der Waals surface area contributed by atoms with Crippen LogP contribution in [0.4, 0.5) is 5.95 Å². The van der Waals surface area contributed by atoms with Crippen molar-refractivity contribution < 1.29 is 4.74 Å². The first-order chi connectivity index (χ1) is 8.72. The molecule has 96 valence electrons. The summed E-state index contributed by atoms with van der Waals surface area (Å²) >= 11 is 3.44. The molecular weight excluding hydrogens is 298 g/mol. The summed E-state index contributed by atoms with van der Waals surface area (Å²) in [6.07, 6.45) is 0. The van der Waals surface area contributed by atoms with Crippen LogP contribution in [0, 0.1) is 0 Å². The maximum absolute atomic E-state index is 5.29. The second-order valence-corrected chi connectivity index (χ2v) is 4.53. The summed E-state index contributed by atoms with van der Waals surface area (Å²) < 4.78 is 6.30. The molecule has 0 saturated heterocycles. The van der Waals surface area contributed by atoms with E-state index in [0.29, 0.717) is 19.0 Å². The average molecular weight is 312 g/mol. The van der Waals surface area contributed by atoms with E-state index < -0.39 is 0 Å². The fourth-order valence-corrected chi connectivity index (χ4v) is 1.92. The molecule has 0 unspecified atom stereocenters. The molecule has 0 atom stereocenters. The number of nitrogens with zero attached hydrogens (tertiary/aromatic N) is 4. The molecule has 1 aromatic heterocycles. The summed E-state index contributed by atoms with van der Waals surface area (Å²) in [6, 6.07) is 5.85. The zero-order valence-electron chi connectivity index (χ0n) is 10.2. The maximum atomic E-state index is 5.29. The van der Waals surface area contributed by atoms with E-state index in [9.17, 15) is 0 Å². The lowest BCUT2D eigenvalue weighted by Gasteiger charge is -2.08. The Morgan fingerprint density at radius 2 is 2.28 bits per heavy atom. The third-order valence-corrected chi connectivity index (χ3v) is 2.91. The predicted molar refractivity (Wildman–Crippen MR) is 71.5 cm³/mol. The third kappa shape index (κ3) is 2.98. The molecule has 1 aromatic carbocycles. The fraction of sp³-hybridized carbons (Fsp3) is 0.364. The molecule has 0 radical (unpaired) electrons. The van der Waals surface area contributed by atoms with Crippen LogP contribution in [0.2, 0.25) is 0 Å². The van der Waals surface area contributed by atoms with Crippen molar-refractivity contribution in [3.8, 4) is 5.75 Å². The second-order valence-electron chi connectivity index (χ2n) is 3.61. The van der Waals surface area contributed by atoms with Crippen LogP contribution in [0.5, 0.6) is 5.75 Å². The van der Waals surface area contributed by atoms with Crippen LogP contribution < -0.4 is 10.1 Å². The summed E-state index contributed by atoms with van der Waals surface area (Å²) in [5.41, 5.74) is 1.03. The minimum Gasteiger partial charge on any atom is -0.496 e. The molecule has 0 spiro atoms. The number of nitrogens with one attached hydrogen (secondary N) is 1. The lowest BCUT2D eigenvalue weighted by atomic mass is 10.2. The lowest BCUT2D eigenvalue weighted by molar-refractivity contribution is 0.410. The summed E-state index contributed by atoms with van der Waals surface area (Å²) in [5.74, 6) is 1.34. The fourth-order valence-electron chi connectivity index (χ4n) is 1.51. The Balaban J connectivity index is 2.07. The van der Waals surface area contributed by atoms with Crippen LogP contribution in [-0.2, 0) is 13.1 Å². The molecule has 0 aliphatic rings. The molecule has 6 nitrogen and oxygen atoms in total. The molecule has 1 N–H and O–H groups in total. The van der Waals surface area contributed by atoms with E-state index in [-0.39, 0.29) is 0 Å². The largest absolute Gasteiger partial charge is 0.496 e. The average Bonchev–Trinajstić information content (AvgIpc) is 2.84. The van der Waals surface area contributed by atoms with E-state index in [1.807, 2.05) is 25.1 Å². The Morgan fingerprint density at radius 1 is 1.44 bits per heavy atom. The highest BCUT2D eigenvalue weighted by Crippen LogP contribution is 2.23. The Bertz CT molecular complexity index is 528. The van der Waals surface area contributed by atoms with Crippen molar-refractivity contribution >= 4 is 21.9 Å². The lowest BCUT2D eigenvalue weighted by Crippen LogP contribution is -2.04. The summed E-state index contributed by atoms with van der Waals surface area (Å²) in [4.78, 5) is 1.53. The van der Waals surface area contributed by atoms with Crippen molar-refractivity contribution in [3.63, 3.8) is 0 Å². The quantitative estimate of drug-likeness (QED) is 0.916. The first kappa shape index (κ1) is 12.8. The van der Waals surface area contributed by atoms with E-state index in [0.717, 1.165) is 15.8 Å². The molecule has 2 aromatic rings. The number of tetrazole rings is 1. The van der Waals surface area contributed by atoms with Gasteiger partial charge in [0.2, 0.25) is 0 Å². The summed E-state index contributed by atoms with van der Waals surface area (Å²) in [7, 11) is 1.65. The number of rotatable bonds is 5.